The van der Waals surface area contributed by atoms with Crippen molar-refractivity contribution in [3.63, 3.8) is 0 Å². The number of carbonyl (C=O) groups excluding carboxylic acids is 1. The van der Waals surface area contributed by atoms with Crippen molar-refractivity contribution >= 4 is 5.91 Å². The van der Waals surface area contributed by atoms with Crippen molar-refractivity contribution < 1.29 is 9.53 Å². The van der Waals surface area contributed by atoms with E-state index in [0.29, 0.717) is 5.92 Å². The lowest BCUT2D eigenvalue weighted by atomic mass is 9.81. The molecule has 0 aromatic rings. The van der Waals surface area contributed by atoms with Gasteiger partial charge in [-0.15, -0.1) is 0 Å². The summed E-state index contributed by atoms with van der Waals surface area (Å²) in [6.07, 6.45) is 5.35. The van der Waals surface area contributed by atoms with Gasteiger partial charge in [0.1, 0.15) is 0 Å². The van der Waals surface area contributed by atoms with Gasteiger partial charge in [-0.25, -0.2) is 0 Å². The van der Waals surface area contributed by atoms with E-state index in [1.807, 2.05) is 0 Å². The molecule has 2 N–H and O–H groups in total. The third kappa shape index (κ3) is 3.23. The minimum absolute atomic E-state index is 0.149. The van der Waals surface area contributed by atoms with Crippen LogP contribution in [0.15, 0.2) is 0 Å². The van der Waals surface area contributed by atoms with Crippen molar-refractivity contribution in [3.8, 4) is 0 Å². The molecule has 0 saturated carbocycles. The molecule has 0 aromatic heterocycles. The lowest BCUT2D eigenvalue weighted by molar-refractivity contribution is -0.130. The van der Waals surface area contributed by atoms with E-state index in [4.69, 9.17) is 4.74 Å². The molecular formula is C14H26N2O2. The fourth-order valence-electron chi connectivity index (χ4n) is 3.14. The summed E-state index contributed by atoms with van der Waals surface area (Å²) in [5.74, 6) is 0.760. The summed E-state index contributed by atoms with van der Waals surface area (Å²) in [5.41, 5.74) is -0.149. The van der Waals surface area contributed by atoms with Crippen LogP contribution in [0.4, 0.5) is 0 Å². The van der Waals surface area contributed by atoms with Crippen LogP contribution in [0.2, 0.25) is 0 Å². The Kier molecular flexibility index (Phi) is 5.01. The molecule has 0 aromatic carbocycles. The number of rotatable bonds is 5. The molecule has 0 spiro atoms. The highest BCUT2D eigenvalue weighted by molar-refractivity contribution is 5.83. The summed E-state index contributed by atoms with van der Waals surface area (Å²) in [4.78, 5) is 12.4. The highest BCUT2D eigenvalue weighted by Gasteiger charge is 2.40. The molecule has 2 aliphatic heterocycles. The average molecular weight is 254 g/mol. The summed E-state index contributed by atoms with van der Waals surface area (Å²) in [7, 11) is 0. The highest BCUT2D eigenvalue weighted by Crippen LogP contribution is 2.31. The van der Waals surface area contributed by atoms with Gasteiger partial charge in [0.2, 0.25) is 5.91 Å². The van der Waals surface area contributed by atoms with E-state index in [9.17, 15) is 4.79 Å². The van der Waals surface area contributed by atoms with Crippen LogP contribution in [0, 0.1) is 11.3 Å². The van der Waals surface area contributed by atoms with Crippen LogP contribution in [0.3, 0.4) is 0 Å². The summed E-state index contributed by atoms with van der Waals surface area (Å²) < 4.78 is 5.45. The van der Waals surface area contributed by atoms with E-state index in [0.717, 1.165) is 58.5 Å². The highest BCUT2D eigenvalue weighted by atomic mass is 16.5. The Morgan fingerprint density at radius 2 is 2.44 bits per heavy atom. The SMILES string of the molecule is CCCC1(C(=O)NCC2CCCOC2)CCNC1. The van der Waals surface area contributed by atoms with Crippen LogP contribution in [-0.2, 0) is 9.53 Å². The second kappa shape index (κ2) is 6.53. The lowest BCUT2D eigenvalue weighted by Crippen LogP contribution is -2.45. The van der Waals surface area contributed by atoms with Gasteiger partial charge >= 0.3 is 0 Å². The van der Waals surface area contributed by atoms with Crippen LogP contribution in [0.5, 0.6) is 0 Å². The predicted octanol–water partition coefficient (Wildman–Crippen LogP) is 1.31. The summed E-state index contributed by atoms with van der Waals surface area (Å²) in [6, 6.07) is 0. The molecule has 2 atom stereocenters. The Balaban J connectivity index is 1.81. The van der Waals surface area contributed by atoms with Gasteiger partial charge in [-0.1, -0.05) is 13.3 Å². The van der Waals surface area contributed by atoms with Gasteiger partial charge in [0.15, 0.2) is 0 Å². The van der Waals surface area contributed by atoms with Gasteiger partial charge in [-0.2, -0.15) is 0 Å². The van der Waals surface area contributed by atoms with Crippen molar-refractivity contribution in [2.24, 2.45) is 11.3 Å². The number of ether oxygens (including phenoxy) is 1. The molecule has 4 nitrogen and oxygen atoms in total. The Labute approximate surface area is 110 Å². The number of carbonyl (C=O) groups is 1. The Morgan fingerprint density at radius 1 is 1.56 bits per heavy atom. The summed E-state index contributed by atoms with van der Waals surface area (Å²) in [5, 5.41) is 6.49. The molecule has 2 rings (SSSR count). The second-order valence-corrected chi connectivity index (χ2v) is 5.75. The van der Waals surface area contributed by atoms with Crippen molar-refractivity contribution in [1.29, 1.82) is 0 Å². The maximum absolute atomic E-state index is 12.4. The first-order valence-electron chi connectivity index (χ1n) is 7.33. The average Bonchev–Trinajstić information content (AvgIpc) is 2.87. The smallest absolute Gasteiger partial charge is 0.227 e. The van der Waals surface area contributed by atoms with E-state index < -0.39 is 0 Å². The van der Waals surface area contributed by atoms with Crippen LogP contribution in [0.1, 0.15) is 39.0 Å². The van der Waals surface area contributed by atoms with Crippen molar-refractivity contribution in [3.05, 3.63) is 0 Å². The third-order valence-electron chi connectivity index (χ3n) is 4.26. The molecule has 0 radical (unpaired) electrons. The number of amides is 1. The first-order valence-corrected chi connectivity index (χ1v) is 7.33. The van der Waals surface area contributed by atoms with E-state index in [2.05, 4.69) is 17.6 Å². The van der Waals surface area contributed by atoms with E-state index >= 15 is 0 Å². The molecule has 2 aliphatic rings. The molecule has 0 bridgehead atoms. The molecule has 18 heavy (non-hydrogen) atoms. The van der Waals surface area contributed by atoms with Gasteiger partial charge in [0.25, 0.3) is 0 Å². The molecular weight excluding hydrogens is 228 g/mol. The molecule has 104 valence electrons. The topological polar surface area (TPSA) is 50.4 Å². The Hall–Kier alpha value is -0.610. The first-order chi connectivity index (χ1) is 8.77. The normalized spacial score (nSPS) is 32.4. The molecule has 1 amide bonds. The second-order valence-electron chi connectivity index (χ2n) is 5.75. The minimum Gasteiger partial charge on any atom is -0.381 e. The van der Waals surface area contributed by atoms with E-state index in [1.165, 1.54) is 6.42 Å². The van der Waals surface area contributed by atoms with E-state index in [-0.39, 0.29) is 11.3 Å². The zero-order valence-electron chi connectivity index (χ0n) is 11.5. The fraction of sp³-hybridized carbons (Fsp3) is 0.929. The van der Waals surface area contributed by atoms with Gasteiger partial charge in [0.05, 0.1) is 12.0 Å². The van der Waals surface area contributed by atoms with Crippen LogP contribution in [0.25, 0.3) is 0 Å². The molecule has 0 aliphatic carbocycles. The maximum atomic E-state index is 12.4. The van der Waals surface area contributed by atoms with Gasteiger partial charge < -0.3 is 15.4 Å². The van der Waals surface area contributed by atoms with Crippen LogP contribution in [-0.4, -0.2) is 38.8 Å². The lowest BCUT2D eigenvalue weighted by Gasteiger charge is -2.28. The standard InChI is InChI=1S/C14H26N2O2/c1-2-5-14(6-7-15-11-14)13(17)16-9-12-4-3-8-18-10-12/h12,15H,2-11H2,1H3,(H,16,17). The quantitative estimate of drug-likeness (QED) is 0.778. The van der Waals surface area contributed by atoms with Gasteiger partial charge in [-0.3, -0.25) is 4.79 Å². The third-order valence-corrected chi connectivity index (χ3v) is 4.26. The summed E-state index contributed by atoms with van der Waals surface area (Å²) >= 11 is 0. The van der Waals surface area contributed by atoms with Crippen molar-refractivity contribution in [2.45, 2.75) is 39.0 Å². The zero-order valence-corrected chi connectivity index (χ0v) is 11.5. The Morgan fingerprint density at radius 3 is 3.06 bits per heavy atom. The number of nitrogens with one attached hydrogen (secondary N) is 2. The first kappa shape index (κ1) is 13.8. The summed E-state index contributed by atoms with van der Waals surface area (Å²) in [6.45, 7) is 6.44. The monoisotopic (exact) mass is 254 g/mol. The molecule has 2 unspecified atom stereocenters. The van der Waals surface area contributed by atoms with Crippen molar-refractivity contribution in [1.82, 2.24) is 10.6 Å². The van der Waals surface area contributed by atoms with Crippen molar-refractivity contribution in [2.75, 3.05) is 32.8 Å². The predicted molar refractivity (Wildman–Crippen MR) is 71.4 cm³/mol. The number of hydrogen-bond donors (Lipinski definition) is 2. The molecule has 4 heteroatoms. The molecule has 2 fully saturated rings. The van der Waals surface area contributed by atoms with Gasteiger partial charge in [-0.05, 0) is 38.1 Å². The molecule has 2 saturated heterocycles. The van der Waals surface area contributed by atoms with Crippen LogP contribution >= 0.6 is 0 Å². The largest absolute Gasteiger partial charge is 0.381 e. The number of hydrogen-bond acceptors (Lipinski definition) is 3. The fourth-order valence-corrected chi connectivity index (χ4v) is 3.14. The maximum Gasteiger partial charge on any atom is 0.227 e. The van der Waals surface area contributed by atoms with Crippen LogP contribution < -0.4 is 10.6 Å². The molecule has 2 heterocycles. The van der Waals surface area contributed by atoms with Gasteiger partial charge in [0, 0.05) is 19.7 Å². The minimum atomic E-state index is -0.149. The van der Waals surface area contributed by atoms with E-state index in [1.54, 1.807) is 0 Å². The Bertz CT molecular complexity index is 269. The zero-order chi connectivity index (χ0) is 12.8.